The van der Waals surface area contributed by atoms with Gasteiger partial charge in [0.15, 0.2) is 10.1 Å². The Kier molecular flexibility index (Phi) is 5.36. The van der Waals surface area contributed by atoms with Crippen LogP contribution in [0.1, 0.15) is 35.3 Å². The standard InChI is InChI=1S/C15H19N3OS2/c1-9(2)16-14-17-18-15(21-14)20-8-13(19)12-7-10(3)5-6-11(12)4/h5-7,9H,8H2,1-4H3,(H,16,17). The fourth-order valence-electron chi connectivity index (χ4n) is 1.81. The van der Waals surface area contributed by atoms with Gasteiger partial charge in [0.1, 0.15) is 0 Å². The second-order valence-electron chi connectivity index (χ2n) is 5.20. The number of thioether (sulfide) groups is 1. The number of rotatable bonds is 6. The molecule has 1 heterocycles. The number of nitrogens with zero attached hydrogens (tertiary/aromatic N) is 2. The van der Waals surface area contributed by atoms with E-state index in [0.717, 1.165) is 26.2 Å². The van der Waals surface area contributed by atoms with Crippen LogP contribution in [-0.2, 0) is 0 Å². The van der Waals surface area contributed by atoms with E-state index in [-0.39, 0.29) is 5.78 Å². The van der Waals surface area contributed by atoms with E-state index < -0.39 is 0 Å². The van der Waals surface area contributed by atoms with Gasteiger partial charge in [-0.15, -0.1) is 10.2 Å². The highest BCUT2D eigenvalue weighted by atomic mass is 32.2. The van der Waals surface area contributed by atoms with Crippen LogP contribution < -0.4 is 5.32 Å². The maximum atomic E-state index is 12.3. The monoisotopic (exact) mass is 321 g/mol. The molecule has 2 rings (SSSR count). The lowest BCUT2D eigenvalue weighted by atomic mass is 10.0. The average Bonchev–Trinajstić information content (AvgIpc) is 2.85. The van der Waals surface area contributed by atoms with Gasteiger partial charge >= 0.3 is 0 Å². The van der Waals surface area contributed by atoms with Crippen molar-refractivity contribution in [2.45, 2.75) is 38.1 Å². The number of Topliss-reactive ketones (excluding diaryl/α,β-unsaturated/α-hetero) is 1. The summed E-state index contributed by atoms with van der Waals surface area (Å²) in [4.78, 5) is 12.3. The van der Waals surface area contributed by atoms with Crippen molar-refractivity contribution in [3.8, 4) is 0 Å². The van der Waals surface area contributed by atoms with Gasteiger partial charge < -0.3 is 5.32 Å². The molecule has 0 amide bonds. The first-order valence-electron chi connectivity index (χ1n) is 6.79. The van der Waals surface area contributed by atoms with Gasteiger partial charge in [0.2, 0.25) is 5.13 Å². The quantitative estimate of drug-likeness (QED) is 0.645. The van der Waals surface area contributed by atoms with Gasteiger partial charge in [0, 0.05) is 11.6 Å². The largest absolute Gasteiger partial charge is 0.358 e. The number of aryl methyl sites for hydroxylation is 2. The summed E-state index contributed by atoms with van der Waals surface area (Å²) < 4.78 is 0.816. The lowest BCUT2D eigenvalue weighted by Crippen LogP contribution is -2.08. The molecule has 4 nitrogen and oxygen atoms in total. The summed E-state index contributed by atoms with van der Waals surface area (Å²) in [6.07, 6.45) is 0. The van der Waals surface area contributed by atoms with Gasteiger partial charge in [0.25, 0.3) is 0 Å². The zero-order chi connectivity index (χ0) is 15.4. The highest BCUT2D eigenvalue weighted by Gasteiger charge is 2.12. The van der Waals surface area contributed by atoms with Crippen molar-refractivity contribution in [1.29, 1.82) is 0 Å². The summed E-state index contributed by atoms with van der Waals surface area (Å²) in [7, 11) is 0. The van der Waals surface area contributed by atoms with Crippen LogP contribution in [0, 0.1) is 13.8 Å². The van der Waals surface area contributed by atoms with Gasteiger partial charge in [-0.1, -0.05) is 40.8 Å². The SMILES string of the molecule is Cc1ccc(C)c(C(=O)CSc2nnc(NC(C)C)s2)c1. The second kappa shape index (κ2) is 7.04. The van der Waals surface area contributed by atoms with Crippen LogP contribution in [0.4, 0.5) is 5.13 Å². The van der Waals surface area contributed by atoms with E-state index in [2.05, 4.69) is 29.4 Å². The van der Waals surface area contributed by atoms with Crippen molar-refractivity contribution in [2.24, 2.45) is 0 Å². The number of carbonyl (C=O) groups excluding carboxylic acids is 1. The van der Waals surface area contributed by atoms with Crippen LogP contribution >= 0.6 is 23.1 Å². The zero-order valence-corrected chi connectivity index (χ0v) is 14.3. The van der Waals surface area contributed by atoms with E-state index in [0.29, 0.717) is 11.8 Å². The third-order valence-corrected chi connectivity index (χ3v) is 4.83. The summed E-state index contributed by atoms with van der Waals surface area (Å²) >= 11 is 2.92. The Morgan fingerprint density at radius 3 is 2.81 bits per heavy atom. The number of nitrogens with one attached hydrogen (secondary N) is 1. The molecule has 0 saturated carbocycles. The molecular weight excluding hydrogens is 302 g/mol. The molecule has 1 aromatic heterocycles. The molecule has 0 radical (unpaired) electrons. The van der Waals surface area contributed by atoms with Crippen LogP contribution in [-0.4, -0.2) is 27.8 Å². The molecule has 6 heteroatoms. The smallest absolute Gasteiger partial charge is 0.206 e. The summed E-state index contributed by atoms with van der Waals surface area (Å²) in [5, 5.41) is 12.2. The maximum Gasteiger partial charge on any atom is 0.206 e. The molecule has 0 aliphatic rings. The van der Waals surface area contributed by atoms with E-state index >= 15 is 0 Å². The fourth-order valence-corrected chi connectivity index (χ4v) is 3.60. The molecule has 0 spiro atoms. The topological polar surface area (TPSA) is 54.9 Å². The van der Waals surface area contributed by atoms with Gasteiger partial charge in [-0.05, 0) is 39.3 Å². The van der Waals surface area contributed by atoms with Gasteiger partial charge in [-0.25, -0.2) is 0 Å². The molecule has 1 N–H and O–H groups in total. The molecular formula is C15H19N3OS2. The van der Waals surface area contributed by atoms with E-state index in [1.807, 2.05) is 32.0 Å². The molecule has 1 aromatic carbocycles. The highest BCUT2D eigenvalue weighted by Crippen LogP contribution is 2.26. The molecule has 2 aromatic rings. The van der Waals surface area contributed by atoms with Crippen molar-refractivity contribution in [3.05, 3.63) is 34.9 Å². The van der Waals surface area contributed by atoms with Gasteiger partial charge in [0.05, 0.1) is 5.75 Å². The lowest BCUT2D eigenvalue weighted by Gasteiger charge is -2.05. The van der Waals surface area contributed by atoms with Crippen molar-refractivity contribution < 1.29 is 4.79 Å². The van der Waals surface area contributed by atoms with Crippen LogP contribution in [0.15, 0.2) is 22.5 Å². The molecule has 0 unspecified atom stereocenters. The fraction of sp³-hybridized carbons (Fsp3) is 0.400. The first kappa shape index (κ1) is 16.0. The number of anilines is 1. The van der Waals surface area contributed by atoms with Crippen LogP contribution in [0.2, 0.25) is 0 Å². The van der Waals surface area contributed by atoms with E-state index in [4.69, 9.17) is 0 Å². The van der Waals surface area contributed by atoms with Crippen molar-refractivity contribution >= 4 is 34.0 Å². The van der Waals surface area contributed by atoms with Crippen molar-refractivity contribution in [2.75, 3.05) is 11.1 Å². The van der Waals surface area contributed by atoms with Crippen molar-refractivity contribution in [1.82, 2.24) is 10.2 Å². The maximum absolute atomic E-state index is 12.3. The summed E-state index contributed by atoms with van der Waals surface area (Å²) in [5.74, 6) is 0.524. The summed E-state index contributed by atoms with van der Waals surface area (Å²) in [5.41, 5.74) is 2.92. The molecule has 0 saturated heterocycles. The Hall–Kier alpha value is -1.40. The van der Waals surface area contributed by atoms with Crippen LogP contribution in [0.5, 0.6) is 0 Å². The lowest BCUT2D eigenvalue weighted by molar-refractivity contribution is 0.102. The minimum absolute atomic E-state index is 0.134. The Balaban J connectivity index is 1.97. The Morgan fingerprint density at radius 1 is 1.33 bits per heavy atom. The first-order valence-corrected chi connectivity index (χ1v) is 8.59. The number of hydrogen-bond acceptors (Lipinski definition) is 6. The van der Waals surface area contributed by atoms with E-state index in [1.165, 1.54) is 23.1 Å². The highest BCUT2D eigenvalue weighted by molar-refractivity contribution is 8.01. The Labute approximate surface area is 133 Å². The third kappa shape index (κ3) is 4.54. The normalized spacial score (nSPS) is 10.9. The van der Waals surface area contributed by atoms with E-state index in [9.17, 15) is 4.79 Å². The molecule has 0 aliphatic heterocycles. The Morgan fingerprint density at radius 2 is 2.10 bits per heavy atom. The van der Waals surface area contributed by atoms with Crippen LogP contribution in [0.3, 0.4) is 0 Å². The number of aromatic nitrogens is 2. The predicted octanol–water partition coefficient (Wildman–Crippen LogP) is 3.95. The number of hydrogen-bond donors (Lipinski definition) is 1. The minimum atomic E-state index is 0.134. The molecule has 0 aliphatic carbocycles. The Bertz CT molecular complexity index is 638. The van der Waals surface area contributed by atoms with Crippen molar-refractivity contribution in [3.63, 3.8) is 0 Å². The molecule has 0 fully saturated rings. The third-order valence-electron chi connectivity index (χ3n) is 2.84. The number of benzene rings is 1. The average molecular weight is 321 g/mol. The molecule has 112 valence electrons. The predicted molar refractivity (Wildman–Crippen MR) is 89.6 cm³/mol. The molecule has 0 bridgehead atoms. The zero-order valence-electron chi connectivity index (χ0n) is 12.6. The minimum Gasteiger partial charge on any atom is -0.358 e. The number of ketones is 1. The second-order valence-corrected chi connectivity index (χ2v) is 7.40. The summed E-state index contributed by atoms with van der Waals surface area (Å²) in [6, 6.07) is 6.29. The molecule has 0 atom stereocenters. The van der Waals surface area contributed by atoms with Gasteiger partial charge in [-0.2, -0.15) is 0 Å². The first-order chi connectivity index (χ1) is 9.95. The summed E-state index contributed by atoms with van der Waals surface area (Å²) in [6.45, 7) is 8.07. The van der Waals surface area contributed by atoms with Gasteiger partial charge in [-0.3, -0.25) is 4.79 Å². The number of carbonyl (C=O) groups is 1. The van der Waals surface area contributed by atoms with Crippen LogP contribution in [0.25, 0.3) is 0 Å². The molecule has 21 heavy (non-hydrogen) atoms. The van der Waals surface area contributed by atoms with E-state index in [1.54, 1.807) is 0 Å².